The van der Waals surface area contributed by atoms with E-state index in [1.54, 1.807) is 0 Å². The first kappa shape index (κ1) is 19.1. The maximum atomic E-state index is 11.9. The van der Waals surface area contributed by atoms with Gasteiger partial charge >= 0.3 is 0 Å². The number of hydrogen-bond acceptors (Lipinski definition) is 6. The lowest BCUT2D eigenvalue weighted by Gasteiger charge is -2.20. The van der Waals surface area contributed by atoms with E-state index in [1.165, 1.54) is 22.0 Å². The first-order valence-corrected chi connectivity index (χ1v) is 8.97. The van der Waals surface area contributed by atoms with Gasteiger partial charge in [-0.3, -0.25) is 4.79 Å². The van der Waals surface area contributed by atoms with Gasteiger partial charge in [0, 0.05) is 5.54 Å². The van der Waals surface area contributed by atoms with Gasteiger partial charge in [0.25, 0.3) is 0 Å². The number of nitrogens with one attached hydrogen (secondary N) is 1. The molecule has 0 fully saturated rings. The molecule has 0 aliphatic rings. The summed E-state index contributed by atoms with van der Waals surface area (Å²) in [6.45, 7) is 10.0. The Morgan fingerprint density at radius 2 is 2.04 bits per heavy atom. The molecular formula is C17H25N5O2S. The van der Waals surface area contributed by atoms with Crippen molar-refractivity contribution in [2.45, 2.75) is 51.9 Å². The number of benzene rings is 1. The van der Waals surface area contributed by atoms with Crippen molar-refractivity contribution in [2.75, 3.05) is 11.6 Å². The quantitative estimate of drug-likeness (QED) is 0.603. The summed E-state index contributed by atoms with van der Waals surface area (Å²) < 4.78 is 7.13. The van der Waals surface area contributed by atoms with E-state index in [2.05, 4.69) is 21.6 Å². The average Bonchev–Trinajstić information content (AvgIpc) is 2.83. The molecule has 136 valence electrons. The van der Waals surface area contributed by atoms with Gasteiger partial charge in [0.15, 0.2) is 5.82 Å². The molecule has 0 aliphatic carbocycles. The summed E-state index contributed by atoms with van der Waals surface area (Å²) in [5.74, 6) is 7.44. The van der Waals surface area contributed by atoms with Crippen LogP contribution < -0.4 is 15.9 Å². The normalized spacial score (nSPS) is 11.4. The van der Waals surface area contributed by atoms with Crippen LogP contribution in [0.1, 0.15) is 37.7 Å². The smallest absolute Gasteiger partial charge is 0.230 e. The van der Waals surface area contributed by atoms with Crippen LogP contribution in [0.15, 0.2) is 23.4 Å². The predicted molar refractivity (Wildman–Crippen MR) is 99.0 cm³/mol. The standard InChI is InChI=1S/C17H25N5O2S/c1-11-6-7-13(12(2)8-11)24-9-14-20-21-16(22(14)18)25-10-15(23)19-17(3,4)5/h6-8H,9-10,18H2,1-5H3,(H,19,23). The average molecular weight is 363 g/mol. The van der Waals surface area contributed by atoms with Crippen LogP contribution in [-0.4, -0.2) is 32.1 Å². The minimum absolute atomic E-state index is 0.0754. The number of nitrogen functional groups attached to an aromatic ring is 1. The molecule has 0 aliphatic heterocycles. The van der Waals surface area contributed by atoms with E-state index < -0.39 is 0 Å². The first-order chi connectivity index (χ1) is 11.7. The van der Waals surface area contributed by atoms with E-state index in [9.17, 15) is 4.79 Å². The zero-order valence-electron chi connectivity index (χ0n) is 15.3. The molecule has 8 heteroatoms. The van der Waals surface area contributed by atoms with Crippen molar-refractivity contribution >= 4 is 17.7 Å². The highest BCUT2D eigenvalue weighted by atomic mass is 32.2. The molecule has 7 nitrogen and oxygen atoms in total. The number of ether oxygens (including phenoxy) is 1. The lowest BCUT2D eigenvalue weighted by molar-refractivity contribution is -0.119. The van der Waals surface area contributed by atoms with E-state index in [4.69, 9.17) is 10.6 Å². The summed E-state index contributed by atoms with van der Waals surface area (Å²) in [6.07, 6.45) is 0. The van der Waals surface area contributed by atoms with Crippen LogP contribution in [0, 0.1) is 13.8 Å². The molecule has 1 aromatic heterocycles. The molecule has 25 heavy (non-hydrogen) atoms. The van der Waals surface area contributed by atoms with Gasteiger partial charge in [-0.25, -0.2) is 4.68 Å². The highest BCUT2D eigenvalue weighted by Gasteiger charge is 2.16. The molecule has 2 aromatic rings. The fourth-order valence-corrected chi connectivity index (χ4v) is 2.87. The number of nitrogens with two attached hydrogens (primary N) is 1. The van der Waals surface area contributed by atoms with Gasteiger partial charge in [0.05, 0.1) is 5.75 Å². The van der Waals surface area contributed by atoms with Gasteiger partial charge in [-0.15, -0.1) is 10.2 Å². The summed E-state index contributed by atoms with van der Waals surface area (Å²) in [6, 6.07) is 5.97. The van der Waals surface area contributed by atoms with Crippen LogP contribution in [-0.2, 0) is 11.4 Å². The minimum atomic E-state index is -0.265. The molecule has 0 radical (unpaired) electrons. The van der Waals surface area contributed by atoms with Crippen molar-refractivity contribution in [1.29, 1.82) is 0 Å². The summed E-state index contributed by atoms with van der Waals surface area (Å²) in [5.41, 5.74) is 1.97. The van der Waals surface area contributed by atoms with Crippen LogP contribution in [0.2, 0.25) is 0 Å². The van der Waals surface area contributed by atoms with Crippen molar-refractivity contribution in [3.05, 3.63) is 35.2 Å². The number of amides is 1. The monoisotopic (exact) mass is 363 g/mol. The second-order valence-electron chi connectivity index (χ2n) is 6.91. The van der Waals surface area contributed by atoms with Crippen LogP contribution in [0.5, 0.6) is 5.75 Å². The number of thioether (sulfide) groups is 1. The third-order valence-corrected chi connectivity index (χ3v) is 4.21. The maximum absolute atomic E-state index is 11.9. The maximum Gasteiger partial charge on any atom is 0.230 e. The molecule has 0 saturated carbocycles. The third kappa shape index (κ3) is 5.67. The van der Waals surface area contributed by atoms with Crippen molar-refractivity contribution < 1.29 is 9.53 Å². The molecular weight excluding hydrogens is 338 g/mol. The van der Waals surface area contributed by atoms with Gasteiger partial charge in [-0.05, 0) is 46.2 Å². The second-order valence-corrected chi connectivity index (χ2v) is 7.86. The number of hydrogen-bond donors (Lipinski definition) is 2. The summed E-state index contributed by atoms with van der Waals surface area (Å²) in [5, 5.41) is 11.4. The number of aromatic nitrogens is 3. The lowest BCUT2D eigenvalue weighted by atomic mass is 10.1. The molecule has 1 heterocycles. The Bertz CT molecular complexity index is 752. The van der Waals surface area contributed by atoms with E-state index >= 15 is 0 Å². The van der Waals surface area contributed by atoms with Crippen molar-refractivity contribution in [2.24, 2.45) is 0 Å². The largest absolute Gasteiger partial charge is 0.485 e. The molecule has 0 bridgehead atoms. The topological polar surface area (TPSA) is 95.1 Å². The van der Waals surface area contributed by atoms with Crippen molar-refractivity contribution in [3.63, 3.8) is 0 Å². The number of carbonyl (C=O) groups excluding carboxylic acids is 1. The number of nitrogens with zero attached hydrogens (tertiary/aromatic N) is 3. The Labute approximate surface area is 152 Å². The van der Waals surface area contributed by atoms with E-state index in [0.29, 0.717) is 11.0 Å². The highest BCUT2D eigenvalue weighted by Crippen LogP contribution is 2.20. The predicted octanol–water partition coefficient (Wildman–Crippen LogP) is 2.19. The number of rotatable bonds is 6. The Balaban J connectivity index is 1.93. The molecule has 0 unspecified atom stereocenters. The third-order valence-electron chi connectivity index (χ3n) is 3.27. The van der Waals surface area contributed by atoms with Crippen LogP contribution in [0.4, 0.5) is 0 Å². The second kappa shape index (κ2) is 7.77. The molecule has 1 amide bonds. The fourth-order valence-electron chi connectivity index (χ4n) is 2.19. The number of aryl methyl sites for hydroxylation is 2. The van der Waals surface area contributed by atoms with Crippen molar-refractivity contribution in [3.8, 4) is 5.75 Å². The fraction of sp³-hybridized carbons (Fsp3) is 0.471. The molecule has 0 spiro atoms. The Kier molecular flexibility index (Phi) is 5.94. The molecule has 1 aromatic carbocycles. The Morgan fingerprint density at radius 1 is 1.32 bits per heavy atom. The minimum Gasteiger partial charge on any atom is -0.485 e. The van der Waals surface area contributed by atoms with Gasteiger partial charge in [-0.1, -0.05) is 29.5 Å². The van der Waals surface area contributed by atoms with Crippen LogP contribution in [0.3, 0.4) is 0 Å². The highest BCUT2D eigenvalue weighted by molar-refractivity contribution is 7.99. The molecule has 2 rings (SSSR count). The summed E-state index contributed by atoms with van der Waals surface area (Å²) in [4.78, 5) is 11.9. The zero-order chi connectivity index (χ0) is 18.6. The van der Waals surface area contributed by atoms with Crippen LogP contribution in [0.25, 0.3) is 0 Å². The first-order valence-electron chi connectivity index (χ1n) is 7.99. The molecule has 3 N–H and O–H groups in total. The molecule has 0 atom stereocenters. The zero-order valence-corrected chi connectivity index (χ0v) is 16.1. The van der Waals surface area contributed by atoms with E-state index in [0.717, 1.165) is 11.3 Å². The van der Waals surface area contributed by atoms with E-state index in [1.807, 2.05) is 46.8 Å². The van der Waals surface area contributed by atoms with Gasteiger partial charge in [0.2, 0.25) is 11.1 Å². The molecule has 0 saturated heterocycles. The van der Waals surface area contributed by atoms with Gasteiger partial charge in [0.1, 0.15) is 12.4 Å². The summed E-state index contributed by atoms with van der Waals surface area (Å²) >= 11 is 1.24. The number of carbonyl (C=O) groups is 1. The Hall–Kier alpha value is -2.22. The van der Waals surface area contributed by atoms with Gasteiger partial charge < -0.3 is 15.9 Å². The van der Waals surface area contributed by atoms with Gasteiger partial charge in [-0.2, -0.15) is 0 Å². The van der Waals surface area contributed by atoms with E-state index in [-0.39, 0.29) is 23.8 Å². The lowest BCUT2D eigenvalue weighted by Crippen LogP contribution is -2.41. The SMILES string of the molecule is Cc1ccc(OCc2nnc(SCC(=O)NC(C)(C)C)n2N)c(C)c1. The Morgan fingerprint density at radius 3 is 2.68 bits per heavy atom. The van der Waals surface area contributed by atoms with Crippen molar-refractivity contribution in [1.82, 2.24) is 20.2 Å². The summed E-state index contributed by atoms with van der Waals surface area (Å²) in [7, 11) is 0. The van der Waals surface area contributed by atoms with Crippen LogP contribution >= 0.6 is 11.8 Å².